The molecule has 0 aliphatic carbocycles. The van der Waals surface area contributed by atoms with Crippen LogP contribution in [0, 0.1) is 0 Å². The Morgan fingerprint density at radius 2 is 2.17 bits per heavy atom. The molecule has 0 bridgehead atoms. The van der Waals surface area contributed by atoms with Crippen molar-refractivity contribution in [3.8, 4) is 0 Å². The Hall–Kier alpha value is -1.34. The molecule has 2 heterocycles. The highest BCUT2D eigenvalue weighted by atomic mass is 32.2. The number of hydrogen-bond donors (Lipinski definition) is 1. The summed E-state index contributed by atoms with van der Waals surface area (Å²) in [7, 11) is 3.58. The highest BCUT2D eigenvalue weighted by Crippen LogP contribution is 2.30. The summed E-state index contributed by atoms with van der Waals surface area (Å²) in [5.74, 6) is 1.58. The van der Waals surface area contributed by atoms with Gasteiger partial charge in [-0.3, -0.25) is 4.79 Å². The van der Waals surface area contributed by atoms with E-state index in [0.717, 1.165) is 43.3 Å². The van der Waals surface area contributed by atoms with Gasteiger partial charge in [-0.2, -0.15) is 0 Å². The second kappa shape index (κ2) is 8.49. The van der Waals surface area contributed by atoms with Crippen molar-refractivity contribution < 1.29 is 4.79 Å². The van der Waals surface area contributed by atoms with Crippen LogP contribution in [-0.2, 0) is 11.3 Å². The monoisotopic (exact) mass is 337 g/mol. The lowest BCUT2D eigenvalue weighted by Crippen LogP contribution is -2.31. The Balaban J connectivity index is 2.22. The zero-order chi connectivity index (χ0) is 16.8. The number of piperidine rings is 1. The van der Waals surface area contributed by atoms with Crippen molar-refractivity contribution in [1.82, 2.24) is 25.0 Å². The number of nitrogens with zero attached hydrogens (tertiary/aromatic N) is 4. The first-order chi connectivity index (χ1) is 11.1. The molecule has 1 saturated heterocycles. The summed E-state index contributed by atoms with van der Waals surface area (Å²) in [5.41, 5.74) is 0. The van der Waals surface area contributed by atoms with Gasteiger partial charge in [-0.05, 0) is 32.4 Å². The van der Waals surface area contributed by atoms with Crippen molar-refractivity contribution in [2.75, 3.05) is 27.2 Å². The molecular formula is C16H27N5OS. The second-order valence-electron chi connectivity index (χ2n) is 6.01. The maximum Gasteiger partial charge on any atom is 0.235 e. The van der Waals surface area contributed by atoms with Crippen molar-refractivity contribution in [1.29, 1.82) is 0 Å². The molecule has 1 amide bonds. The average molecular weight is 337 g/mol. The molecule has 0 unspecified atom stereocenters. The number of hydrogen-bond acceptors (Lipinski definition) is 5. The topological polar surface area (TPSA) is 63.1 Å². The van der Waals surface area contributed by atoms with Crippen LogP contribution in [0.1, 0.15) is 37.9 Å². The molecule has 1 aliphatic rings. The molecule has 1 aromatic rings. The molecule has 0 radical (unpaired) electrons. The molecule has 2 rings (SSSR count). The number of rotatable bonds is 7. The molecule has 6 nitrogen and oxygen atoms in total. The number of aromatic nitrogens is 3. The fourth-order valence-electron chi connectivity index (χ4n) is 2.79. The first-order valence-electron chi connectivity index (χ1n) is 8.21. The van der Waals surface area contributed by atoms with E-state index in [9.17, 15) is 4.79 Å². The number of thioether (sulfide) groups is 1. The lowest BCUT2D eigenvalue weighted by atomic mass is 9.97. The number of carbonyl (C=O) groups is 1. The summed E-state index contributed by atoms with van der Waals surface area (Å²) >= 11 is 1.51. The fraction of sp³-hybridized carbons (Fsp3) is 0.688. The van der Waals surface area contributed by atoms with Gasteiger partial charge in [0.15, 0.2) is 5.16 Å². The third-order valence-corrected chi connectivity index (χ3v) is 5.43. The highest BCUT2D eigenvalue weighted by Gasteiger charge is 2.26. The predicted molar refractivity (Wildman–Crippen MR) is 93.7 cm³/mol. The van der Waals surface area contributed by atoms with Crippen molar-refractivity contribution in [3.05, 3.63) is 18.5 Å². The second-order valence-corrected chi connectivity index (χ2v) is 7.18. The third kappa shape index (κ3) is 4.35. The van der Waals surface area contributed by atoms with Crippen molar-refractivity contribution in [3.63, 3.8) is 0 Å². The molecule has 1 aliphatic heterocycles. The van der Waals surface area contributed by atoms with Crippen molar-refractivity contribution in [2.24, 2.45) is 0 Å². The molecular weight excluding hydrogens is 310 g/mol. The van der Waals surface area contributed by atoms with Gasteiger partial charge in [0.25, 0.3) is 0 Å². The first kappa shape index (κ1) is 18.0. The van der Waals surface area contributed by atoms with Crippen LogP contribution in [0.2, 0.25) is 0 Å². The smallest absolute Gasteiger partial charge is 0.235 e. The molecule has 128 valence electrons. The Labute approximate surface area is 142 Å². The van der Waals surface area contributed by atoms with Crippen molar-refractivity contribution in [2.45, 2.75) is 49.1 Å². The SMILES string of the molecule is C=CCn1c(S[C@H](CC)C(=O)N(C)C)nnc1C1CCNCC1. The van der Waals surface area contributed by atoms with Gasteiger partial charge in [0, 0.05) is 26.6 Å². The summed E-state index contributed by atoms with van der Waals surface area (Å²) in [5, 5.41) is 12.9. The molecule has 1 atom stereocenters. The van der Waals surface area contributed by atoms with E-state index in [1.165, 1.54) is 11.8 Å². The van der Waals surface area contributed by atoms with Gasteiger partial charge in [0.05, 0.1) is 5.25 Å². The number of allylic oxidation sites excluding steroid dienone is 1. The standard InChI is InChI=1S/C16H27N5OS/c1-5-11-21-14(12-7-9-17-10-8-12)18-19-16(21)23-13(6-2)15(22)20(3)4/h5,12-13,17H,1,6-11H2,2-4H3/t13-/m1/s1. The van der Waals surface area contributed by atoms with E-state index in [4.69, 9.17) is 0 Å². The van der Waals surface area contributed by atoms with Crippen LogP contribution < -0.4 is 5.32 Å². The maximum atomic E-state index is 12.3. The molecule has 0 saturated carbocycles. The highest BCUT2D eigenvalue weighted by molar-refractivity contribution is 8.00. The molecule has 0 aromatic carbocycles. The normalized spacial score (nSPS) is 17.0. The number of carbonyl (C=O) groups excluding carboxylic acids is 1. The van der Waals surface area contributed by atoms with Crippen LogP contribution in [0.25, 0.3) is 0 Å². The minimum absolute atomic E-state index is 0.120. The van der Waals surface area contributed by atoms with E-state index in [1.54, 1.807) is 19.0 Å². The van der Waals surface area contributed by atoms with Crippen LogP contribution in [-0.4, -0.2) is 58.0 Å². The van der Waals surface area contributed by atoms with Gasteiger partial charge < -0.3 is 14.8 Å². The molecule has 1 fully saturated rings. The molecule has 1 N–H and O–H groups in total. The van der Waals surface area contributed by atoms with Crippen LogP contribution in [0.3, 0.4) is 0 Å². The van der Waals surface area contributed by atoms with Crippen LogP contribution >= 0.6 is 11.8 Å². The molecule has 23 heavy (non-hydrogen) atoms. The largest absolute Gasteiger partial charge is 0.348 e. The first-order valence-corrected chi connectivity index (χ1v) is 9.09. The van der Waals surface area contributed by atoms with Crippen LogP contribution in [0.4, 0.5) is 0 Å². The van der Waals surface area contributed by atoms with Crippen LogP contribution in [0.15, 0.2) is 17.8 Å². The Bertz CT molecular complexity index is 537. The summed E-state index contributed by atoms with van der Waals surface area (Å²) < 4.78 is 2.12. The van der Waals surface area contributed by atoms with Gasteiger partial charge in [0.1, 0.15) is 5.82 Å². The van der Waals surface area contributed by atoms with E-state index in [1.807, 2.05) is 13.0 Å². The maximum absolute atomic E-state index is 12.3. The minimum atomic E-state index is -0.126. The Kier molecular flexibility index (Phi) is 6.65. The predicted octanol–water partition coefficient (Wildman–Crippen LogP) is 1.89. The molecule has 1 aromatic heterocycles. The van der Waals surface area contributed by atoms with Gasteiger partial charge in [-0.15, -0.1) is 16.8 Å². The molecule has 7 heteroatoms. The summed E-state index contributed by atoms with van der Waals surface area (Å²) in [6.45, 7) is 8.60. The van der Waals surface area contributed by atoms with Gasteiger partial charge >= 0.3 is 0 Å². The lowest BCUT2D eigenvalue weighted by Gasteiger charge is -2.23. The van der Waals surface area contributed by atoms with E-state index >= 15 is 0 Å². The summed E-state index contributed by atoms with van der Waals surface area (Å²) in [4.78, 5) is 13.9. The number of nitrogens with one attached hydrogen (secondary N) is 1. The fourth-order valence-corrected chi connectivity index (χ4v) is 3.91. The quantitative estimate of drug-likeness (QED) is 0.608. The zero-order valence-electron chi connectivity index (χ0n) is 14.3. The minimum Gasteiger partial charge on any atom is -0.348 e. The lowest BCUT2D eigenvalue weighted by molar-refractivity contribution is -0.128. The Morgan fingerprint density at radius 3 is 2.74 bits per heavy atom. The summed E-state index contributed by atoms with van der Waals surface area (Å²) in [6.07, 6.45) is 4.79. The molecule has 0 spiro atoms. The van der Waals surface area contributed by atoms with Gasteiger partial charge in [-0.1, -0.05) is 24.8 Å². The zero-order valence-corrected chi connectivity index (χ0v) is 15.1. The van der Waals surface area contributed by atoms with E-state index in [2.05, 4.69) is 26.7 Å². The average Bonchev–Trinajstić information content (AvgIpc) is 2.95. The van der Waals surface area contributed by atoms with E-state index in [0.29, 0.717) is 12.5 Å². The van der Waals surface area contributed by atoms with E-state index in [-0.39, 0.29) is 11.2 Å². The van der Waals surface area contributed by atoms with Gasteiger partial charge in [0.2, 0.25) is 5.91 Å². The number of amides is 1. The Morgan fingerprint density at radius 1 is 1.48 bits per heavy atom. The van der Waals surface area contributed by atoms with Gasteiger partial charge in [-0.25, -0.2) is 0 Å². The van der Waals surface area contributed by atoms with Crippen LogP contribution in [0.5, 0.6) is 0 Å². The summed E-state index contributed by atoms with van der Waals surface area (Å²) in [6, 6.07) is 0. The van der Waals surface area contributed by atoms with E-state index < -0.39 is 0 Å². The van der Waals surface area contributed by atoms with Crippen molar-refractivity contribution >= 4 is 17.7 Å². The third-order valence-electron chi connectivity index (χ3n) is 4.10.